The molecule has 0 N–H and O–H groups in total. The second-order valence-corrected chi connectivity index (χ2v) is 10.8. The van der Waals surface area contributed by atoms with Gasteiger partial charge in [0.15, 0.2) is 5.01 Å². The lowest BCUT2D eigenvalue weighted by Crippen LogP contribution is -2.50. The number of alkyl halides is 1. The molecule has 0 aliphatic carbocycles. The highest BCUT2D eigenvalue weighted by molar-refractivity contribution is 9.09. The van der Waals surface area contributed by atoms with Crippen molar-refractivity contribution in [3.63, 3.8) is 0 Å². The van der Waals surface area contributed by atoms with Crippen molar-refractivity contribution in [1.82, 2.24) is 4.31 Å². The number of benzene rings is 2. The molecule has 4 rings (SSSR count). The van der Waals surface area contributed by atoms with E-state index in [1.54, 1.807) is 17.0 Å². The number of hydrogen-bond donors (Lipinski definition) is 0. The molecule has 30 heavy (non-hydrogen) atoms. The largest absolute Gasteiger partial charge is 0.429 e. The monoisotopic (exact) mass is 492 g/mol. The summed E-state index contributed by atoms with van der Waals surface area (Å²) < 4.78 is 33.1. The van der Waals surface area contributed by atoms with Crippen LogP contribution in [0.4, 0.5) is 10.5 Å². The number of sulfonamides is 1. The second-order valence-electron chi connectivity index (χ2n) is 7.99. The number of cyclic esters (lactones) is 1. The highest BCUT2D eigenvalue weighted by Crippen LogP contribution is 2.40. The van der Waals surface area contributed by atoms with E-state index in [2.05, 4.69) is 29.8 Å². The first kappa shape index (κ1) is 21.3. The number of anilines is 1. The van der Waals surface area contributed by atoms with Gasteiger partial charge >= 0.3 is 6.09 Å². The van der Waals surface area contributed by atoms with Gasteiger partial charge in [0.25, 0.3) is 0 Å². The van der Waals surface area contributed by atoms with Gasteiger partial charge in [0, 0.05) is 24.7 Å². The van der Waals surface area contributed by atoms with E-state index in [1.165, 1.54) is 4.31 Å². The number of para-hydroxylation sites is 1. The summed E-state index contributed by atoms with van der Waals surface area (Å²) in [5.74, 6) is 0.351. The van der Waals surface area contributed by atoms with Gasteiger partial charge in [0.1, 0.15) is 0 Å². The summed E-state index contributed by atoms with van der Waals surface area (Å²) in [5.41, 5.74) is 2.83. The third kappa shape index (κ3) is 3.88. The maximum atomic E-state index is 13.1. The molecule has 1 amide bonds. The molecule has 0 aromatic heterocycles. The topological polar surface area (TPSA) is 66.9 Å². The summed E-state index contributed by atoms with van der Waals surface area (Å²) in [6, 6.07) is 14.7. The van der Waals surface area contributed by atoms with Crippen molar-refractivity contribution in [3.8, 4) is 0 Å². The zero-order chi connectivity index (χ0) is 21.5. The van der Waals surface area contributed by atoms with Crippen molar-refractivity contribution in [2.24, 2.45) is 0 Å². The van der Waals surface area contributed by atoms with Crippen LogP contribution in [0.1, 0.15) is 48.7 Å². The van der Waals surface area contributed by atoms with E-state index in [9.17, 15) is 13.2 Å². The number of piperidine rings is 1. The molecule has 6 nitrogen and oxygen atoms in total. The van der Waals surface area contributed by atoms with Gasteiger partial charge in [-0.1, -0.05) is 44.2 Å². The minimum atomic E-state index is -3.55. The molecule has 2 aromatic carbocycles. The molecule has 0 radical (unpaired) electrons. The third-order valence-electron chi connectivity index (χ3n) is 5.81. The zero-order valence-corrected chi connectivity index (χ0v) is 19.4. The molecule has 1 unspecified atom stereocenters. The van der Waals surface area contributed by atoms with Gasteiger partial charge < -0.3 is 4.74 Å². The molecule has 1 saturated heterocycles. The lowest BCUT2D eigenvalue weighted by Gasteiger charge is -2.40. The van der Waals surface area contributed by atoms with Crippen molar-refractivity contribution in [2.45, 2.75) is 48.6 Å². The van der Waals surface area contributed by atoms with Gasteiger partial charge in [-0.15, -0.1) is 0 Å². The SMILES string of the molecule is CC(C)c1ccc(S(=O)(=O)N2CCC(N3C(=O)OC(Br)c4ccccc43)CC2)cc1. The second kappa shape index (κ2) is 8.32. The number of fused-ring (bicyclic) bond motifs is 1. The summed E-state index contributed by atoms with van der Waals surface area (Å²) in [5, 5.41) is -0.466. The summed E-state index contributed by atoms with van der Waals surface area (Å²) in [7, 11) is -3.55. The number of ether oxygens (including phenoxy) is 1. The van der Waals surface area contributed by atoms with E-state index >= 15 is 0 Å². The molecule has 160 valence electrons. The lowest BCUT2D eigenvalue weighted by molar-refractivity contribution is 0.134. The smallest absolute Gasteiger partial charge is 0.416 e. The Bertz CT molecular complexity index is 1030. The molecule has 2 aromatic rings. The lowest BCUT2D eigenvalue weighted by atomic mass is 10.0. The number of amides is 1. The molecule has 0 saturated carbocycles. The number of rotatable bonds is 4. The molecule has 0 spiro atoms. The predicted octanol–water partition coefficient (Wildman–Crippen LogP) is 5.01. The molecule has 1 fully saturated rings. The fourth-order valence-electron chi connectivity index (χ4n) is 4.07. The van der Waals surface area contributed by atoms with Crippen LogP contribution >= 0.6 is 15.9 Å². The maximum Gasteiger partial charge on any atom is 0.416 e. The Hall–Kier alpha value is -1.90. The van der Waals surface area contributed by atoms with Crippen LogP contribution in [0.25, 0.3) is 0 Å². The summed E-state index contributed by atoms with van der Waals surface area (Å²) in [6.07, 6.45) is 0.709. The minimum absolute atomic E-state index is 0.103. The van der Waals surface area contributed by atoms with E-state index in [0.29, 0.717) is 36.7 Å². The fraction of sp³-hybridized carbons (Fsp3) is 0.409. The molecule has 0 bridgehead atoms. The average Bonchev–Trinajstić information content (AvgIpc) is 2.74. The predicted molar refractivity (Wildman–Crippen MR) is 119 cm³/mol. The Morgan fingerprint density at radius 3 is 2.30 bits per heavy atom. The van der Waals surface area contributed by atoms with Crippen LogP contribution in [0.2, 0.25) is 0 Å². The first-order valence-corrected chi connectivity index (χ1v) is 12.5. The van der Waals surface area contributed by atoms with E-state index in [1.807, 2.05) is 36.4 Å². The molecular weight excluding hydrogens is 468 g/mol. The summed E-state index contributed by atoms with van der Waals surface area (Å²) >= 11 is 3.40. The Labute approximate surface area is 186 Å². The van der Waals surface area contributed by atoms with Gasteiger partial charge in [-0.25, -0.2) is 13.2 Å². The Morgan fingerprint density at radius 2 is 1.67 bits per heavy atom. The number of hydrogen-bond acceptors (Lipinski definition) is 4. The van der Waals surface area contributed by atoms with Crippen molar-refractivity contribution in [2.75, 3.05) is 18.0 Å². The maximum absolute atomic E-state index is 13.1. The third-order valence-corrected chi connectivity index (χ3v) is 8.41. The van der Waals surface area contributed by atoms with Crippen molar-refractivity contribution in [1.29, 1.82) is 0 Å². The standard InChI is InChI=1S/C22H25BrN2O4S/c1-15(2)16-7-9-18(10-8-16)30(27,28)24-13-11-17(12-14-24)25-20-6-4-3-5-19(20)21(23)29-22(25)26/h3-10,15,17,21H,11-14H2,1-2H3. The first-order chi connectivity index (χ1) is 14.3. The van der Waals surface area contributed by atoms with Crippen LogP contribution in [0.15, 0.2) is 53.4 Å². The molecule has 1 atom stereocenters. The van der Waals surface area contributed by atoms with Crippen LogP contribution in [-0.4, -0.2) is 37.9 Å². The van der Waals surface area contributed by atoms with Gasteiger partial charge in [-0.05, 0) is 58.5 Å². The number of carbonyl (C=O) groups is 1. The number of nitrogens with zero attached hydrogens (tertiary/aromatic N) is 2. The van der Waals surface area contributed by atoms with E-state index < -0.39 is 21.1 Å². The quantitative estimate of drug-likeness (QED) is 0.562. The molecule has 2 aliphatic rings. The highest BCUT2D eigenvalue weighted by Gasteiger charge is 2.39. The first-order valence-electron chi connectivity index (χ1n) is 10.1. The van der Waals surface area contributed by atoms with Crippen LogP contribution < -0.4 is 4.90 Å². The van der Waals surface area contributed by atoms with E-state index in [-0.39, 0.29) is 6.04 Å². The van der Waals surface area contributed by atoms with Crippen LogP contribution in [0.3, 0.4) is 0 Å². The highest BCUT2D eigenvalue weighted by atomic mass is 79.9. The van der Waals surface area contributed by atoms with Gasteiger partial charge in [-0.3, -0.25) is 4.90 Å². The van der Waals surface area contributed by atoms with Crippen molar-refractivity contribution < 1.29 is 17.9 Å². The molecule has 2 aliphatic heterocycles. The average molecular weight is 493 g/mol. The molecule has 8 heteroatoms. The van der Waals surface area contributed by atoms with Gasteiger partial charge in [0.2, 0.25) is 10.0 Å². The Balaban J connectivity index is 1.50. The van der Waals surface area contributed by atoms with Gasteiger partial charge in [-0.2, -0.15) is 4.31 Å². The summed E-state index contributed by atoms with van der Waals surface area (Å²) in [4.78, 5) is 14.6. The normalized spacial score (nSPS) is 20.9. The Kier molecular flexibility index (Phi) is 5.92. The Morgan fingerprint density at radius 1 is 1.03 bits per heavy atom. The van der Waals surface area contributed by atoms with Crippen molar-refractivity contribution >= 4 is 37.7 Å². The van der Waals surface area contributed by atoms with Crippen molar-refractivity contribution in [3.05, 3.63) is 59.7 Å². The number of halogens is 1. The summed E-state index contributed by atoms with van der Waals surface area (Å²) in [6.45, 7) is 4.89. The van der Waals surface area contributed by atoms with Crippen LogP contribution in [-0.2, 0) is 14.8 Å². The van der Waals surface area contributed by atoms with Crippen LogP contribution in [0, 0.1) is 0 Å². The molecular formula is C22H25BrN2O4S. The number of carbonyl (C=O) groups excluding carboxylic acids is 1. The van der Waals surface area contributed by atoms with Crippen LogP contribution in [0.5, 0.6) is 0 Å². The van der Waals surface area contributed by atoms with Gasteiger partial charge in [0.05, 0.1) is 10.6 Å². The van der Waals surface area contributed by atoms with E-state index in [4.69, 9.17) is 4.74 Å². The zero-order valence-electron chi connectivity index (χ0n) is 17.0. The minimum Gasteiger partial charge on any atom is -0.429 e. The van der Waals surface area contributed by atoms with E-state index in [0.717, 1.165) is 16.8 Å². The fourth-order valence-corrected chi connectivity index (χ4v) is 6.08. The molecule has 2 heterocycles.